The molecule has 0 unspecified atom stereocenters. The number of morpholine rings is 1. The SMILES string of the molecule is O=C(O)CCC(=O)N1CCC(CN2CCOCC2)CC1. The fourth-order valence-corrected chi connectivity index (χ4v) is 2.89. The largest absolute Gasteiger partial charge is 0.481 e. The second-order valence-corrected chi connectivity index (χ2v) is 5.63. The van der Waals surface area contributed by atoms with Crippen molar-refractivity contribution >= 4 is 11.9 Å². The van der Waals surface area contributed by atoms with Gasteiger partial charge in [-0.1, -0.05) is 0 Å². The van der Waals surface area contributed by atoms with E-state index in [4.69, 9.17) is 9.84 Å². The molecular weight excluding hydrogens is 260 g/mol. The van der Waals surface area contributed by atoms with E-state index in [0.29, 0.717) is 5.92 Å². The van der Waals surface area contributed by atoms with Crippen molar-refractivity contribution in [2.24, 2.45) is 5.92 Å². The van der Waals surface area contributed by atoms with Gasteiger partial charge in [0, 0.05) is 39.1 Å². The van der Waals surface area contributed by atoms with E-state index >= 15 is 0 Å². The zero-order valence-corrected chi connectivity index (χ0v) is 11.9. The number of nitrogens with zero attached hydrogens (tertiary/aromatic N) is 2. The summed E-state index contributed by atoms with van der Waals surface area (Å²) in [6, 6.07) is 0. The summed E-state index contributed by atoms with van der Waals surface area (Å²) in [5, 5.41) is 8.60. The van der Waals surface area contributed by atoms with Gasteiger partial charge in [0.1, 0.15) is 0 Å². The molecule has 2 aliphatic heterocycles. The fourth-order valence-electron chi connectivity index (χ4n) is 2.89. The molecule has 20 heavy (non-hydrogen) atoms. The van der Waals surface area contributed by atoms with E-state index in [2.05, 4.69) is 4.90 Å². The van der Waals surface area contributed by atoms with Crippen LogP contribution in [0.2, 0.25) is 0 Å². The van der Waals surface area contributed by atoms with Crippen molar-refractivity contribution in [3.63, 3.8) is 0 Å². The Hall–Kier alpha value is -1.14. The Kier molecular flexibility index (Phi) is 5.79. The number of amides is 1. The Balaban J connectivity index is 1.66. The van der Waals surface area contributed by atoms with Crippen LogP contribution in [0.25, 0.3) is 0 Å². The molecule has 2 aliphatic rings. The topological polar surface area (TPSA) is 70.1 Å². The van der Waals surface area contributed by atoms with Crippen molar-refractivity contribution in [3.8, 4) is 0 Å². The summed E-state index contributed by atoms with van der Waals surface area (Å²) >= 11 is 0. The Morgan fingerprint density at radius 1 is 1.05 bits per heavy atom. The van der Waals surface area contributed by atoms with Crippen LogP contribution in [-0.4, -0.2) is 72.7 Å². The lowest BCUT2D eigenvalue weighted by Gasteiger charge is -2.36. The van der Waals surface area contributed by atoms with Crippen molar-refractivity contribution in [1.82, 2.24) is 9.80 Å². The molecule has 0 aromatic heterocycles. The molecule has 1 N–H and O–H groups in total. The van der Waals surface area contributed by atoms with Gasteiger partial charge in [0.05, 0.1) is 19.6 Å². The van der Waals surface area contributed by atoms with E-state index < -0.39 is 5.97 Å². The highest BCUT2D eigenvalue weighted by Crippen LogP contribution is 2.19. The van der Waals surface area contributed by atoms with Crippen LogP contribution in [-0.2, 0) is 14.3 Å². The van der Waals surface area contributed by atoms with Crippen molar-refractivity contribution in [3.05, 3.63) is 0 Å². The monoisotopic (exact) mass is 284 g/mol. The van der Waals surface area contributed by atoms with E-state index in [9.17, 15) is 9.59 Å². The molecule has 1 amide bonds. The third kappa shape index (κ3) is 4.76. The normalized spacial score (nSPS) is 21.9. The van der Waals surface area contributed by atoms with E-state index in [-0.39, 0.29) is 18.7 Å². The molecule has 0 saturated carbocycles. The number of piperidine rings is 1. The molecule has 0 bridgehead atoms. The van der Waals surface area contributed by atoms with Gasteiger partial charge < -0.3 is 14.7 Å². The first-order chi connectivity index (χ1) is 9.65. The number of ether oxygens (including phenoxy) is 1. The highest BCUT2D eigenvalue weighted by molar-refractivity contribution is 5.80. The van der Waals surface area contributed by atoms with Gasteiger partial charge in [-0.25, -0.2) is 0 Å². The Bertz CT molecular complexity index is 334. The molecule has 2 saturated heterocycles. The molecule has 6 nitrogen and oxygen atoms in total. The van der Waals surface area contributed by atoms with Crippen LogP contribution in [0.5, 0.6) is 0 Å². The molecule has 0 aromatic carbocycles. The minimum absolute atomic E-state index is 0.0165. The minimum Gasteiger partial charge on any atom is -0.481 e. The van der Waals surface area contributed by atoms with Crippen LogP contribution in [0.3, 0.4) is 0 Å². The first kappa shape index (κ1) is 15.3. The van der Waals surface area contributed by atoms with Crippen molar-refractivity contribution in [2.75, 3.05) is 45.9 Å². The molecule has 6 heteroatoms. The predicted molar refractivity (Wildman–Crippen MR) is 73.4 cm³/mol. The molecule has 0 radical (unpaired) electrons. The van der Waals surface area contributed by atoms with Gasteiger partial charge >= 0.3 is 5.97 Å². The zero-order chi connectivity index (χ0) is 14.4. The average molecular weight is 284 g/mol. The highest BCUT2D eigenvalue weighted by atomic mass is 16.5. The minimum atomic E-state index is -0.902. The summed E-state index contributed by atoms with van der Waals surface area (Å²) in [6.07, 6.45) is 2.11. The molecule has 0 aromatic rings. The summed E-state index contributed by atoms with van der Waals surface area (Å²) in [5.74, 6) is -0.269. The molecule has 0 spiro atoms. The molecule has 0 atom stereocenters. The number of carbonyl (C=O) groups is 2. The average Bonchev–Trinajstić information content (AvgIpc) is 2.46. The van der Waals surface area contributed by atoms with Crippen LogP contribution in [0.1, 0.15) is 25.7 Å². The van der Waals surface area contributed by atoms with E-state index in [1.807, 2.05) is 4.90 Å². The van der Waals surface area contributed by atoms with Gasteiger partial charge in [-0.2, -0.15) is 0 Å². The van der Waals surface area contributed by atoms with Gasteiger partial charge in [-0.05, 0) is 18.8 Å². The summed E-state index contributed by atoms with van der Waals surface area (Å²) < 4.78 is 5.34. The number of carboxylic acid groups (broad SMARTS) is 1. The van der Waals surface area contributed by atoms with Gasteiger partial charge in [0.15, 0.2) is 0 Å². The predicted octanol–water partition coefficient (Wildman–Crippen LogP) is 0.422. The first-order valence-corrected chi connectivity index (χ1v) is 7.45. The molecule has 114 valence electrons. The summed E-state index contributed by atoms with van der Waals surface area (Å²) in [4.78, 5) is 26.6. The maximum absolute atomic E-state index is 11.8. The Morgan fingerprint density at radius 3 is 2.30 bits per heavy atom. The van der Waals surface area contributed by atoms with Gasteiger partial charge in [-0.3, -0.25) is 14.5 Å². The lowest BCUT2D eigenvalue weighted by Crippen LogP contribution is -2.44. The maximum Gasteiger partial charge on any atom is 0.303 e. The number of hydrogen-bond acceptors (Lipinski definition) is 4. The first-order valence-electron chi connectivity index (χ1n) is 7.45. The van der Waals surface area contributed by atoms with Gasteiger partial charge in [0.25, 0.3) is 0 Å². The summed E-state index contributed by atoms with van der Waals surface area (Å²) in [5.41, 5.74) is 0. The van der Waals surface area contributed by atoms with Crippen LogP contribution < -0.4 is 0 Å². The summed E-state index contributed by atoms with van der Waals surface area (Å²) in [7, 11) is 0. The van der Waals surface area contributed by atoms with E-state index in [1.54, 1.807) is 0 Å². The van der Waals surface area contributed by atoms with Crippen molar-refractivity contribution in [1.29, 1.82) is 0 Å². The number of carbonyl (C=O) groups excluding carboxylic acids is 1. The van der Waals surface area contributed by atoms with E-state index in [1.165, 1.54) is 0 Å². The molecule has 2 fully saturated rings. The third-order valence-electron chi connectivity index (χ3n) is 4.14. The number of rotatable bonds is 5. The van der Waals surface area contributed by atoms with Crippen LogP contribution >= 0.6 is 0 Å². The van der Waals surface area contributed by atoms with Crippen molar-refractivity contribution < 1.29 is 19.4 Å². The second kappa shape index (κ2) is 7.59. The zero-order valence-electron chi connectivity index (χ0n) is 11.9. The van der Waals surface area contributed by atoms with Gasteiger partial charge in [-0.15, -0.1) is 0 Å². The molecular formula is C14H24N2O4. The Labute approximate surface area is 119 Å². The van der Waals surface area contributed by atoms with E-state index in [0.717, 1.165) is 58.8 Å². The number of carboxylic acids is 1. The fraction of sp³-hybridized carbons (Fsp3) is 0.857. The third-order valence-corrected chi connectivity index (χ3v) is 4.14. The quantitative estimate of drug-likeness (QED) is 0.792. The highest BCUT2D eigenvalue weighted by Gasteiger charge is 2.24. The molecule has 2 rings (SSSR count). The van der Waals surface area contributed by atoms with Crippen LogP contribution in [0.15, 0.2) is 0 Å². The Morgan fingerprint density at radius 2 is 1.70 bits per heavy atom. The number of likely N-dealkylation sites (tertiary alicyclic amines) is 1. The maximum atomic E-state index is 11.8. The lowest BCUT2D eigenvalue weighted by molar-refractivity contribution is -0.141. The van der Waals surface area contributed by atoms with Crippen LogP contribution in [0, 0.1) is 5.92 Å². The number of hydrogen-bond donors (Lipinski definition) is 1. The standard InChI is InChI=1S/C14H24N2O4/c17-13(1-2-14(18)19)16-5-3-12(4-6-16)11-15-7-9-20-10-8-15/h12H,1-11H2,(H,18,19). The number of aliphatic carboxylic acids is 1. The van der Waals surface area contributed by atoms with Crippen molar-refractivity contribution in [2.45, 2.75) is 25.7 Å². The summed E-state index contributed by atoms with van der Waals surface area (Å²) in [6.45, 7) is 6.32. The van der Waals surface area contributed by atoms with Gasteiger partial charge in [0.2, 0.25) is 5.91 Å². The van der Waals surface area contributed by atoms with Crippen LogP contribution in [0.4, 0.5) is 0 Å². The molecule has 2 heterocycles. The second-order valence-electron chi connectivity index (χ2n) is 5.63. The lowest BCUT2D eigenvalue weighted by atomic mass is 9.95. The smallest absolute Gasteiger partial charge is 0.303 e. The molecule has 0 aliphatic carbocycles.